The zero-order chi connectivity index (χ0) is 14.9. The van der Waals surface area contributed by atoms with Gasteiger partial charge in [-0.15, -0.1) is 0 Å². The highest BCUT2D eigenvalue weighted by molar-refractivity contribution is 5.29. The summed E-state index contributed by atoms with van der Waals surface area (Å²) in [5, 5.41) is 9.64. The van der Waals surface area contributed by atoms with E-state index >= 15 is 0 Å². The predicted octanol–water partition coefficient (Wildman–Crippen LogP) is 1.95. The molecular weight excluding hydrogens is 273 g/mol. The molecule has 2 aliphatic heterocycles. The van der Waals surface area contributed by atoms with E-state index in [9.17, 15) is 9.50 Å². The molecule has 2 heterocycles. The molecule has 0 aliphatic carbocycles. The van der Waals surface area contributed by atoms with E-state index in [1.165, 1.54) is 6.07 Å². The van der Waals surface area contributed by atoms with Gasteiger partial charge in [0.05, 0.1) is 25.4 Å². The first-order chi connectivity index (χ1) is 10.1. The molecule has 3 rings (SSSR count). The van der Waals surface area contributed by atoms with Crippen molar-refractivity contribution in [3.05, 3.63) is 29.6 Å². The summed E-state index contributed by atoms with van der Waals surface area (Å²) >= 11 is 0. The van der Waals surface area contributed by atoms with Gasteiger partial charge in [-0.3, -0.25) is 4.90 Å². The highest BCUT2D eigenvalue weighted by Gasteiger charge is 2.42. The van der Waals surface area contributed by atoms with Crippen LogP contribution in [0.5, 0.6) is 5.75 Å². The van der Waals surface area contributed by atoms with E-state index in [0.717, 1.165) is 32.4 Å². The summed E-state index contributed by atoms with van der Waals surface area (Å²) < 4.78 is 24.8. The Morgan fingerprint density at radius 2 is 2.19 bits per heavy atom. The molecule has 0 amide bonds. The molecule has 2 aliphatic rings. The number of rotatable bonds is 3. The Hall–Kier alpha value is -1.17. The van der Waals surface area contributed by atoms with Gasteiger partial charge < -0.3 is 14.6 Å². The number of nitrogens with zero attached hydrogens (tertiary/aromatic N) is 1. The van der Waals surface area contributed by atoms with E-state index in [-0.39, 0.29) is 17.5 Å². The molecule has 1 aromatic rings. The first kappa shape index (κ1) is 14.8. The van der Waals surface area contributed by atoms with Crippen LogP contribution in [-0.4, -0.2) is 48.5 Å². The van der Waals surface area contributed by atoms with Crippen molar-refractivity contribution in [1.29, 1.82) is 0 Å². The van der Waals surface area contributed by atoms with Crippen molar-refractivity contribution < 1.29 is 19.0 Å². The number of ether oxygens (including phenoxy) is 2. The molecule has 4 nitrogen and oxygen atoms in total. The molecule has 0 bridgehead atoms. The molecule has 0 unspecified atom stereocenters. The van der Waals surface area contributed by atoms with Crippen molar-refractivity contribution in [3.8, 4) is 5.75 Å². The van der Waals surface area contributed by atoms with Crippen LogP contribution < -0.4 is 4.74 Å². The van der Waals surface area contributed by atoms with Crippen molar-refractivity contribution >= 4 is 0 Å². The second-order valence-corrected chi connectivity index (χ2v) is 6.09. The van der Waals surface area contributed by atoms with Crippen LogP contribution in [-0.2, 0) is 11.3 Å². The summed E-state index contributed by atoms with van der Waals surface area (Å²) in [5.41, 5.74) is 0.515. The Balaban J connectivity index is 1.60. The zero-order valence-electron chi connectivity index (χ0n) is 12.3. The molecule has 21 heavy (non-hydrogen) atoms. The summed E-state index contributed by atoms with van der Waals surface area (Å²) in [4.78, 5) is 2.23. The van der Waals surface area contributed by atoms with E-state index in [1.807, 2.05) is 0 Å². The fourth-order valence-electron chi connectivity index (χ4n) is 3.33. The maximum Gasteiger partial charge on any atom is 0.127 e. The quantitative estimate of drug-likeness (QED) is 0.925. The highest BCUT2D eigenvalue weighted by atomic mass is 19.1. The number of methoxy groups -OCH3 is 1. The number of halogens is 1. The van der Waals surface area contributed by atoms with Crippen LogP contribution in [0, 0.1) is 5.82 Å². The van der Waals surface area contributed by atoms with Crippen LogP contribution in [0.1, 0.15) is 24.8 Å². The van der Waals surface area contributed by atoms with Gasteiger partial charge in [0.2, 0.25) is 0 Å². The number of benzene rings is 1. The highest BCUT2D eigenvalue weighted by Crippen LogP contribution is 2.36. The molecule has 5 heteroatoms. The number of hydrogen-bond donors (Lipinski definition) is 1. The number of likely N-dealkylation sites (tertiary alicyclic amines) is 1. The third-order valence-electron chi connectivity index (χ3n) is 4.60. The van der Waals surface area contributed by atoms with Crippen molar-refractivity contribution in [1.82, 2.24) is 4.90 Å². The largest absolute Gasteiger partial charge is 0.497 e. The third-order valence-corrected chi connectivity index (χ3v) is 4.60. The first-order valence-corrected chi connectivity index (χ1v) is 7.47. The average Bonchev–Trinajstić information content (AvgIpc) is 2.85. The number of aliphatic hydroxyl groups is 1. The second kappa shape index (κ2) is 5.91. The third kappa shape index (κ3) is 3.20. The second-order valence-electron chi connectivity index (χ2n) is 6.09. The van der Waals surface area contributed by atoms with Gasteiger partial charge in [0, 0.05) is 31.6 Å². The van der Waals surface area contributed by atoms with E-state index < -0.39 is 0 Å². The number of piperidine rings is 1. The number of aliphatic hydroxyl groups excluding tert-OH is 1. The minimum Gasteiger partial charge on any atom is -0.497 e. The summed E-state index contributed by atoms with van der Waals surface area (Å²) in [5.74, 6) is 0.491. The van der Waals surface area contributed by atoms with Gasteiger partial charge in [0.1, 0.15) is 11.6 Å². The molecule has 1 spiro atoms. The van der Waals surface area contributed by atoms with Crippen molar-refractivity contribution in [3.63, 3.8) is 0 Å². The van der Waals surface area contributed by atoms with Crippen molar-refractivity contribution in [2.24, 2.45) is 0 Å². The summed E-state index contributed by atoms with van der Waals surface area (Å²) in [7, 11) is 1.59. The molecule has 1 aromatic carbocycles. The zero-order valence-corrected chi connectivity index (χ0v) is 12.3. The predicted molar refractivity (Wildman–Crippen MR) is 76.8 cm³/mol. The van der Waals surface area contributed by atoms with Gasteiger partial charge in [-0.25, -0.2) is 4.39 Å². The fourth-order valence-corrected chi connectivity index (χ4v) is 3.33. The Kier molecular flexibility index (Phi) is 4.15. The van der Waals surface area contributed by atoms with Gasteiger partial charge in [-0.05, 0) is 31.0 Å². The van der Waals surface area contributed by atoms with E-state index in [1.54, 1.807) is 19.2 Å². The average molecular weight is 295 g/mol. The summed E-state index contributed by atoms with van der Waals surface area (Å²) in [6, 6.07) is 4.85. The fraction of sp³-hybridized carbons (Fsp3) is 0.625. The molecule has 0 radical (unpaired) electrons. The van der Waals surface area contributed by atoms with Crippen molar-refractivity contribution in [2.45, 2.75) is 37.5 Å². The van der Waals surface area contributed by atoms with Gasteiger partial charge in [-0.1, -0.05) is 0 Å². The summed E-state index contributed by atoms with van der Waals surface area (Å²) in [6.07, 6.45) is 2.20. The minimum absolute atomic E-state index is 0.150. The molecule has 1 atom stereocenters. The van der Waals surface area contributed by atoms with E-state index in [2.05, 4.69) is 4.90 Å². The molecular formula is C16H22FNO3. The first-order valence-electron chi connectivity index (χ1n) is 7.47. The minimum atomic E-state index is -0.327. The molecule has 1 N–H and O–H groups in total. The number of hydrogen-bond acceptors (Lipinski definition) is 4. The Bertz CT molecular complexity index is 500. The molecule has 0 saturated carbocycles. The van der Waals surface area contributed by atoms with Crippen LogP contribution in [0.25, 0.3) is 0 Å². The molecule has 2 fully saturated rings. The topological polar surface area (TPSA) is 41.9 Å². The smallest absolute Gasteiger partial charge is 0.127 e. The Morgan fingerprint density at radius 1 is 1.43 bits per heavy atom. The van der Waals surface area contributed by atoms with Crippen molar-refractivity contribution in [2.75, 3.05) is 26.8 Å². The van der Waals surface area contributed by atoms with Gasteiger partial charge in [0.25, 0.3) is 0 Å². The molecule has 0 aromatic heterocycles. The standard InChI is InChI=1S/C16H22FNO3/c1-20-14-2-3-15(17)12(8-14)10-18-6-4-16(5-7-18)9-13(19)11-21-16/h2-3,8,13,19H,4-7,9-11H2,1H3/t13-/m1/s1. The van der Waals surface area contributed by atoms with Crippen LogP contribution in [0.4, 0.5) is 4.39 Å². The van der Waals surface area contributed by atoms with Crippen LogP contribution in [0.2, 0.25) is 0 Å². The van der Waals surface area contributed by atoms with E-state index in [0.29, 0.717) is 24.5 Å². The monoisotopic (exact) mass is 295 g/mol. The van der Waals surface area contributed by atoms with Crippen LogP contribution >= 0.6 is 0 Å². The Morgan fingerprint density at radius 3 is 2.81 bits per heavy atom. The lowest BCUT2D eigenvalue weighted by atomic mass is 9.88. The lowest BCUT2D eigenvalue weighted by molar-refractivity contribution is -0.0457. The van der Waals surface area contributed by atoms with Crippen LogP contribution in [0.3, 0.4) is 0 Å². The summed E-state index contributed by atoms with van der Waals surface area (Å²) in [6.45, 7) is 2.76. The van der Waals surface area contributed by atoms with Gasteiger partial charge in [0.15, 0.2) is 0 Å². The molecule has 116 valence electrons. The SMILES string of the molecule is COc1ccc(F)c(CN2CCC3(CC2)C[C@@H](O)CO3)c1. The maximum atomic E-state index is 13.9. The molecule has 2 saturated heterocycles. The lowest BCUT2D eigenvalue weighted by Gasteiger charge is -2.38. The van der Waals surface area contributed by atoms with Crippen LogP contribution in [0.15, 0.2) is 18.2 Å². The Labute approximate surface area is 124 Å². The maximum absolute atomic E-state index is 13.9. The van der Waals surface area contributed by atoms with Gasteiger partial charge >= 0.3 is 0 Å². The van der Waals surface area contributed by atoms with E-state index in [4.69, 9.17) is 9.47 Å². The lowest BCUT2D eigenvalue weighted by Crippen LogP contribution is -2.43. The van der Waals surface area contributed by atoms with Gasteiger partial charge in [-0.2, -0.15) is 0 Å². The normalized spacial score (nSPS) is 25.4.